The predicted molar refractivity (Wildman–Crippen MR) is 151 cm³/mol. The molecule has 5 nitrogen and oxygen atoms in total. The van der Waals surface area contributed by atoms with Gasteiger partial charge in [-0.3, -0.25) is 4.79 Å². The molecular weight excluding hydrogens is 504 g/mol. The molecule has 2 aromatic carbocycles. The minimum Gasteiger partial charge on any atom is -0.462 e. The van der Waals surface area contributed by atoms with E-state index in [9.17, 15) is 9.59 Å². The quantitative estimate of drug-likeness (QED) is 0.256. The molecule has 0 radical (unpaired) electrons. The number of anilines is 1. The van der Waals surface area contributed by atoms with Crippen molar-refractivity contribution in [2.45, 2.75) is 46.5 Å². The first-order chi connectivity index (χ1) is 17.9. The zero-order chi connectivity index (χ0) is 26.1. The van der Waals surface area contributed by atoms with Gasteiger partial charge < -0.3 is 10.1 Å². The highest BCUT2D eigenvalue weighted by atomic mass is 35.5. The van der Waals surface area contributed by atoms with Crippen molar-refractivity contribution < 1.29 is 14.3 Å². The Morgan fingerprint density at radius 1 is 1.16 bits per heavy atom. The molecular formula is C30H29ClN2O3S. The van der Waals surface area contributed by atoms with Gasteiger partial charge in [0, 0.05) is 20.8 Å². The van der Waals surface area contributed by atoms with Crippen LogP contribution in [0.1, 0.15) is 63.4 Å². The molecule has 1 N–H and O–H groups in total. The molecule has 37 heavy (non-hydrogen) atoms. The van der Waals surface area contributed by atoms with E-state index in [1.807, 2.05) is 49.4 Å². The van der Waals surface area contributed by atoms with Crippen molar-refractivity contribution in [2.75, 3.05) is 11.9 Å². The van der Waals surface area contributed by atoms with Gasteiger partial charge in [0.05, 0.1) is 28.9 Å². The number of rotatable bonds is 6. The number of hydrogen-bond acceptors (Lipinski definition) is 5. The smallest absolute Gasteiger partial charge is 0.341 e. The van der Waals surface area contributed by atoms with Gasteiger partial charge in [-0.2, -0.15) is 0 Å². The van der Waals surface area contributed by atoms with E-state index < -0.39 is 0 Å². The number of benzene rings is 2. The van der Waals surface area contributed by atoms with Crippen LogP contribution in [0.25, 0.3) is 22.2 Å². The number of aryl methyl sites for hydroxylation is 1. The average Bonchev–Trinajstić information content (AvgIpc) is 3.27. The molecule has 0 saturated heterocycles. The van der Waals surface area contributed by atoms with Crippen molar-refractivity contribution >= 4 is 50.7 Å². The molecule has 0 aliphatic heterocycles. The SMILES string of the molecule is CCOC(=O)c1c(NC(=O)c2cc(-c3ccccc3)nc3c(C)c(Cl)ccc23)sc2c1CCC(CC)C2. The Morgan fingerprint density at radius 2 is 1.95 bits per heavy atom. The molecule has 0 bridgehead atoms. The Labute approximate surface area is 225 Å². The average molecular weight is 533 g/mol. The van der Waals surface area contributed by atoms with Crippen molar-refractivity contribution in [3.63, 3.8) is 0 Å². The molecule has 2 aromatic heterocycles. The molecule has 1 atom stereocenters. The molecule has 190 valence electrons. The molecule has 1 amide bonds. The number of amides is 1. The highest BCUT2D eigenvalue weighted by molar-refractivity contribution is 7.17. The topological polar surface area (TPSA) is 68.3 Å². The van der Waals surface area contributed by atoms with Crippen molar-refractivity contribution in [3.05, 3.63) is 80.7 Å². The second-order valence-electron chi connectivity index (χ2n) is 9.39. The Bertz CT molecular complexity index is 1500. The van der Waals surface area contributed by atoms with Crippen molar-refractivity contribution in [2.24, 2.45) is 5.92 Å². The van der Waals surface area contributed by atoms with Crippen LogP contribution in [0, 0.1) is 12.8 Å². The molecule has 1 aliphatic carbocycles. The third kappa shape index (κ3) is 4.88. The zero-order valence-electron chi connectivity index (χ0n) is 21.2. The molecule has 4 aromatic rings. The number of thiophene rings is 1. The lowest BCUT2D eigenvalue weighted by Crippen LogP contribution is -2.17. The number of carbonyl (C=O) groups excluding carboxylic acids is 2. The largest absolute Gasteiger partial charge is 0.462 e. The van der Waals surface area contributed by atoms with Crippen molar-refractivity contribution in [3.8, 4) is 11.3 Å². The number of aromatic nitrogens is 1. The molecule has 0 fully saturated rings. The lowest BCUT2D eigenvalue weighted by Gasteiger charge is -2.20. The van der Waals surface area contributed by atoms with Crippen LogP contribution in [0.2, 0.25) is 5.02 Å². The summed E-state index contributed by atoms with van der Waals surface area (Å²) in [5, 5.41) is 4.94. The monoisotopic (exact) mass is 532 g/mol. The Kier molecular flexibility index (Phi) is 7.31. The summed E-state index contributed by atoms with van der Waals surface area (Å²) in [4.78, 5) is 32.9. The van der Waals surface area contributed by atoms with Crippen LogP contribution in [-0.2, 0) is 17.6 Å². The fraction of sp³-hybridized carbons (Fsp3) is 0.300. The fourth-order valence-electron chi connectivity index (χ4n) is 5.03. The van der Waals surface area contributed by atoms with Crippen LogP contribution >= 0.6 is 22.9 Å². The number of esters is 1. The Balaban J connectivity index is 1.61. The number of carbonyl (C=O) groups is 2. The van der Waals surface area contributed by atoms with E-state index in [0.29, 0.717) is 43.7 Å². The highest BCUT2D eigenvalue weighted by Gasteiger charge is 2.30. The number of halogens is 1. The predicted octanol–water partition coefficient (Wildman–Crippen LogP) is 7.87. The first-order valence-corrected chi connectivity index (χ1v) is 13.9. The van der Waals surface area contributed by atoms with E-state index >= 15 is 0 Å². The van der Waals surface area contributed by atoms with E-state index in [1.54, 1.807) is 13.0 Å². The van der Waals surface area contributed by atoms with E-state index in [1.165, 1.54) is 16.2 Å². The number of nitrogens with one attached hydrogen (secondary N) is 1. The Morgan fingerprint density at radius 3 is 2.68 bits per heavy atom. The summed E-state index contributed by atoms with van der Waals surface area (Å²) >= 11 is 7.92. The van der Waals surface area contributed by atoms with Crippen molar-refractivity contribution in [1.29, 1.82) is 0 Å². The second kappa shape index (κ2) is 10.6. The maximum Gasteiger partial charge on any atom is 0.341 e. The number of fused-ring (bicyclic) bond motifs is 2. The minimum absolute atomic E-state index is 0.282. The van der Waals surface area contributed by atoms with Gasteiger partial charge in [0.2, 0.25) is 0 Å². The molecule has 0 saturated carbocycles. The molecule has 0 spiro atoms. The Hall–Kier alpha value is -3.22. The van der Waals surface area contributed by atoms with E-state index in [4.69, 9.17) is 21.3 Å². The number of pyridine rings is 1. The highest BCUT2D eigenvalue weighted by Crippen LogP contribution is 2.41. The molecule has 5 rings (SSSR count). The third-order valence-electron chi connectivity index (χ3n) is 7.13. The van der Waals surface area contributed by atoms with Crippen LogP contribution in [-0.4, -0.2) is 23.5 Å². The summed E-state index contributed by atoms with van der Waals surface area (Å²) in [6.45, 7) is 6.18. The lowest BCUT2D eigenvalue weighted by atomic mass is 9.85. The summed E-state index contributed by atoms with van der Waals surface area (Å²) in [5.41, 5.74) is 5.10. The van der Waals surface area contributed by atoms with Gasteiger partial charge in [-0.1, -0.05) is 61.3 Å². The number of ether oxygens (including phenoxy) is 1. The first kappa shape index (κ1) is 25.4. The number of nitrogens with zero attached hydrogens (tertiary/aromatic N) is 1. The normalized spacial score (nSPS) is 14.9. The molecule has 7 heteroatoms. The van der Waals surface area contributed by atoms with E-state index in [-0.39, 0.29) is 18.5 Å². The summed E-state index contributed by atoms with van der Waals surface area (Å²) < 4.78 is 5.40. The van der Waals surface area contributed by atoms with Crippen LogP contribution in [0.15, 0.2) is 48.5 Å². The first-order valence-electron chi connectivity index (χ1n) is 12.7. The third-order valence-corrected chi connectivity index (χ3v) is 8.71. The number of hydrogen-bond donors (Lipinski definition) is 1. The minimum atomic E-state index is -0.377. The van der Waals surface area contributed by atoms with Crippen LogP contribution in [0.4, 0.5) is 5.00 Å². The maximum absolute atomic E-state index is 13.9. The molecule has 1 unspecified atom stereocenters. The summed E-state index contributed by atoms with van der Waals surface area (Å²) in [6.07, 6.45) is 3.88. The molecule has 2 heterocycles. The van der Waals surface area contributed by atoms with Crippen LogP contribution in [0.3, 0.4) is 0 Å². The van der Waals surface area contributed by atoms with Gasteiger partial charge in [0.25, 0.3) is 5.91 Å². The van der Waals surface area contributed by atoms with E-state index in [0.717, 1.165) is 42.4 Å². The summed E-state index contributed by atoms with van der Waals surface area (Å²) in [6, 6.07) is 15.2. The second-order valence-corrected chi connectivity index (χ2v) is 10.9. The fourth-order valence-corrected chi connectivity index (χ4v) is 6.53. The lowest BCUT2D eigenvalue weighted by molar-refractivity contribution is 0.0526. The standard InChI is InChI=1S/C30H29ClN2O3S/c1-4-18-11-12-21-25(15-18)37-29(26(21)30(35)36-5-2)33-28(34)22-16-24(19-9-7-6-8-10-19)32-27-17(3)23(31)14-13-20(22)27/h6-10,13-14,16,18H,4-5,11-12,15H2,1-3H3,(H,33,34). The van der Waals surface area contributed by atoms with Crippen molar-refractivity contribution in [1.82, 2.24) is 4.98 Å². The van der Waals surface area contributed by atoms with Gasteiger partial charge >= 0.3 is 5.97 Å². The zero-order valence-corrected chi connectivity index (χ0v) is 22.8. The summed E-state index contributed by atoms with van der Waals surface area (Å²) in [7, 11) is 0. The van der Waals surface area contributed by atoms with Gasteiger partial charge in [-0.25, -0.2) is 9.78 Å². The summed E-state index contributed by atoms with van der Waals surface area (Å²) in [5.74, 6) is -0.0741. The van der Waals surface area contributed by atoms with E-state index in [2.05, 4.69) is 12.2 Å². The van der Waals surface area contributed by atoms with Gasteiger partial charge in [0.15, 0.2) is 0 Å². The van der Waals surface area contributed by atoms with Gasteiger partial charge in [-0.15, -0.1) is 11.3 Å². The van der Waals surface area contributed by atoms with Gasteiger partial charge in [0.1, 0.15) is 5.00 Å². The van der Waals surface area contributed by atoms with Gasteiger partial charge in [-0.05, 0) is 62.3 Å². The van der Waals surface area contributed by atoms with Crippen LogP contribution in [0.5, 0.6) is 0 Å². The molecule has 1 aliphatic rings. The van der Waals surface area contributed by atoms with Crippen LogP contribution < -0.4 is 5.32 Å². The maximum atomic E-state index is 13.9.